The number of carbonyl (C=O) groups excluding carboxylic acids is 1. The third-order valence-electron chi connectivity index (χ3n) is 4.46. The third kappa shape index (κ3) is 3.20. The molecule has 0 bridgehead atoms. The van der Waals surface area contributed by atoms with E-state index in [2.05, 4.69) is 21.9 Å². The molecule has 1 amide bonds. The van der Waals surface area contributed by atoms with Crippen LogP contribution in [-0.2, 0) is 11.3 Å². The standard InChI is InChI=1S/C15H24N4O/c1-17(13-6-7-13)12-15(20)19-10-3-2-5-14(19)11-18-9-4-8-16-18/h4,8-9,13-14H,2-3,5-7,10-12H2,1H3. The number of piperidine rings is 1. The minimum atomic E-state index is 0.288. The molecule has 0 spiro atoms. The van der Waals surface area contributed by atoms with Crippen molar-refractivity contribution in [2.24, 2.45) is 0 Å². The maximum absolute atomic E-state index is 12.5. The molecule has 110 valence electrons. The summed E-state index contributed by atoms with van der Waals surface area (Å²) in [5, 5.41) is 4.27. The Hall–Kier alpha value is -1.36. The molecule has 1 aliphatic heterocycles. The first kappa shape index (κ1) is 13.6. The molecule has 3 rings (SSSR count). The van der Waals surface area contributed by atoms with Gasteiger partial charge in [0.05, 0.1) is 19.1 Å². The van der Waals surface area contributed by atoms with Gasteiger partial charge in [-0.15, -0.1) is 0 Å². The van der Waals surface area contributed by atoms with Crippen LogP contribution in [0.1, 0.15) is 32.1 Å². The van der Waals surface area contributed by atoms with Crippen LogP contribution in [0, 0.1) is 0 Å². The van der Waals surface area contributed by atoms with Gasteiger partial charge in [0.25, 0.3) is 0 Å². The number of carbonyl (C=O) groups is 1. The molecule has 2 aliphatic rings. The van der Waals surface area contributed by atoms with Crippen LogP contribution < -0.4 is 0 Å². The van der Waals surface area contributed by atoms with Crippen molar-refractivity contribution in [1.29, 1.82) is 0 Å². The summed E-state index contributed by atoms with van der Waals surface area (Å²) in [5.74, 6) is 0.288. The fraction of sp³-hybridized carbons (Fsp3) is 0.733. The zero-order chi connectivity index (χ0) is 13.9. The molecule has 1 aliphatic carbocycles. The highest BCUT2D eigenvalue weighted by Crippen LogP contribution is 2.26. The summed E-state index contributed by atoms with van der Waals surface area (Å²) in [7, 11) is 2.07. The van der Waals surface area contributed by atoms with Crippen molar-refractivity contribution >= 4 is 5.91 Å². The van der Waals surface area contributed by atoms with Crippen molar-refractivity contribution in [3.63, 3.8) is 0 Å². The molecular weight excluding hydrogens is 252 g/mol. The van der Waals surface area contributed by atoms with Gasteiger partial charge in [-0.25, -0.2) is 0 Å². The summed E-state index contributed by atoms with van der Waals surface area (Å²) in [4.78, 5) is 16.8. The van der Waals surface area contributed by atoms with Crippen molar-refractivity contribution in [2.45, 2.75) is 50.7 Å². The van der Waals surface area contributed by atoms with E-state index < -0.39 is 0 Å². The van der Waals surface area contributed by atoms with Crippen LogP contribution in [0.3, 0.4) is 0 Å². The normalized spacial score (nSPS) is 23.3. The van der Waals surface area contributed by atoms with Crippen molar-refractivity contribution < 1.29 is 4.79 Å². The van der Waals surface area contributed by atoms with Crippen LogP contribution in [-0.4, -0.2) is 57.7 Å². The van der Waals surface area contributed by atoms with Crippen molar-refractivity contribution in [1.82, 2.24) is 19.6 Å². The molecule has 20 heavy (non-hydrogen) atoms. The molecule has 1 aromatic rings. The van der Waals surface area contributed by atoms with Gasteiger partial charge >= 0.3 is 0 Å². The van der Waals surface area contributed by atoms with E-state index in [9.17, 15) is 4.79 Å². The van der Waals surface area contributed by atoms with E-state index in [-0.39, 0.29) is 5.91 Å². The van der Waals surface area contributed by atoms with Gasteiger partial charge in [0.1, 0.15) is 0 Å². The van der Waals surface area contributed by atoms with Crippen molar-refractivity contribution in [2.75, 3.05) is 20.1 Å². The molecule has 1 saturated heterocycles. The highest BCUT2D eigenvalue weighted by Gasteiger charge is 2.31. The number of amides is 1. The van der Waals surface area contributed by atoms with E-state index in [0.29, 0.717) is 18.6 Å². The highest BCUT2D eigenvalue weighted by atomic mass is 16.2. The molecular formula is C15H24N4O. The van der Waals surface area contributed by atoms with Crippen molar-refractivity contribution in [3.05, 3.63) is 18.5 Å². The fourth-order valence-electron chi connectivity index (χ4n) is 3.09. The predicted molar refractivity (Wildman–Crippen MR) is 77.2 cm³/mol. The number of aromatic nitrogens is 2. The van der Waals surface area contributed by atoms with Gasteiger partial charge in [-0.3, -0.25) is 14.4 Å². The zero-order valence-electron chi connectivity index (χ0n) is 12.2. The molecule has 1 atom stereocenters. The summed E-state index contributed by atoms with van der Waals surface area (Å²) in [6.45, 7) is 2.30. The summed E-state index contributed by atoms with van der Waals surface area (Å²) < 4.78 is 1.95. The average molecular weight is 276 g/mol. The molecule has 1 saturated carbocycles. The van der Waals surface area contributed by atoms with E-state index >= 15 is 0 Å². The average Bonchev–Trinajstić information content (AvgIpc) is 3.18. The van der Waals surface area contributed by atoms with Crippen molar-refractivity contribution in [3.8, 4) is 0 Å². The second-order valence-electron chi connectivity index (χ2n) is 6.11. The van der Waals surface area contributed by atoms with E-state index in [1.807, 2.05) is 16.9 Å². The topological polar surface area (TPSA) is 41.4 Å². The lowest BCUT2D eigenvalue weighted by Gasteiger charge is -2.36. The lowest BCUT2D eigenvalue weighted by atomic mass is 10.0. The van der Waals surface area contributed by atoms with Gasteiger partial charge < -0.3 is 4.90 Å². The van der Waals surface area contributed by atoms with E-state index in [0.717, 1.165) is 25.9 Å². The number of nitrogens with zero attached hydrogens (tertiary/aromatic N) is 4. The summed E-state index contributed by atoms with van der Waals surface area (Å²) >= 11 is 0. The first-order valence-corrected chi connectivity index (χ1v) is 7.71. The molecule has 0 aromatic carbocycles. The smallest absolute Gasteiger partial charge is 0.237 e. The predicted octanol–water partition coefficient (Wildman–Crippen LogP) is 1.36. The first-order valence-electron chi connectivity index (χ1n) is 7.71. The van der Waals surface area contributed by atoms with Crippen LogP contribution in [0.5, 0.6) is 0 Å². The molecule has 2 fully saturated rings. The van der Waals surface area contributed by atoms with Gasteiger partial charge in [0.15, 0.2) is 0 Å². The number of hydrogen-bond acceptors (Lipinski definition) is 3. The first-order chi connectivity index (χ1) is 9.74. The number of likely N-dealkylation sites (tertiary alicyclic amines) is 1. The Morgan fingerprint density at radius 2 is 2.20 bits per heavy atom. The van der Waals surface area contributed by atoms with Crippen LogP contribution in [0.2, 0.25) is 0 Å². The van der Waals surface area contributed by atoms with E-state index in [1.54, 1.807) is 6.20 Å². The second-order valence-corrected chi connectivity index (χ2v) is 6.11. The van der Waals surface area contributed by atoms with Gasteiger partial charge in [0, 0.05) is 25.0 Å². The van der Waals surface area contributed by atoms with Crippen LogP contribution in [0.25, 0.3) is 0 Å². The zero-order valence-corrected chi connectivity index (χ0v) is 12.2. The molecule has 0 radical (unpaired) electrons. The van der Waals surface area contributed by atoms with Crippen LogP contribution in [0.15, 0.2) is 18.5 Å². The molecule has 5 heteroatoms. The lowest BCUT2D eigenvalue weighted by molar-refractivity contribution is -0.136. The van der Waals surface area contributed by atoms with E-state index in [4.69, 9.17) is 0 Å². The van der Waals surface area contributed by atoms with Gasteiger partial charge in [0.2, 0.25) is 5.91 Å². The highest BCUT2D eigenvalue weighted by molar-refractivity contribution is 5.78. The molecule has 5 nitrogen and oxygen atoms in total. The summed E-state index contributed by atoms with van der Waals surface area (Å²) in [5.41, 5.74) is 0. The minimum Gasteiger partial charge on any atom is -0.337 e. The fourth-order valence-corrected chi connectivity index (χ4v) is 3.09. The monoisotopic (exact) mass is 276 g/mol. The minimum absolute atomic E-state index is 0.288. The lowest BCUT2D eigenvalue weighted by Crippen LogP contribution is -2.49. The Kier molecular flexibility index (Phi) is 4.05. The maximum Gasteiger partial charge on any atom is 0.237 e. The van der Waals surface area contributed by atoms with Gasteiger partial charge in [-0.1, -0.05) is 0 Å². The molecule has 1 aromatic heterocycles. The third-order valence-corrected chi connectivity index (χ3v) is 4.46. The maximum atomic E-state index is 12.5. The Morgan fingerprint density at radius 1 is 1.35 bits per heavy atom. The number of hydrogen-bond donors (Lipinski definition) is 0. The number of likely N-dealkylation sites (N-methyl/N-ethyl adjacent to an activating group) is 1. The largest absolute Gasteiger partial charge is 0.337 e. The number of rotatable bonds is 5. The Morgan fingerprint density at radius 3 is 2.90 bits per heavy atom. The van der Waals surface area contributed by atoms with Gasteiger partial charge in [-0.2, -0.15) is 5.10 Å². The summed E-state index contributed by atoms with van der Waals surface area (Å²) in [6.07, 6.45) is 9.73. The molecule has 1 unspecified atom stereocenters. The Bertz CT molecular complexity index is 441. The van der Waals surface area contributed by atoms with Gasteiger partial charge in [-0.05, 0) is 45.2 Å². The van der Waals surface area contributed by atoms with Crippen LogP contribution >= 0.6 is 0 Å². The second kappa shape index (κ2) is 5.95. The Balaban J connectivity index is 1.60. The quantitative estimate of drug-likeness (QED) is 0.815. The molecule has 2 heterocycles. The summed E-state index contributed by atoms with van der Waals surface area (Å²) in [6, 6.07) is 2.90. The Labute approximate surface area is 120 Å². The molecule has 0 N–H and O–H groups in total. The van der Waals surface area contributed by atoms with Crippen LogP contribution in [0.4, 0.5) is 0 Å². The van der Waals surface area contributed by atoms with E-state index in [1.165, 1.54) is 19.3 Å². The SMILES string of the molecule is CN(CC(=O)N1CCCCC1Cn1cccn1)C1CC1.